The number of hydrogen-bond acceptors (Lipinski definition) is 7. The molecule has 3 aliphatic rings. The highest BCUT2D eigenvalue weighted by atomic mass is 32.2. The van der Waals surface area contributed by atoms with Gasteiger partial charge in [0.25, 0.3) is 5.91 Å². The van der Waals surface area contributed by atoms with E-state index in [1.54, 1.807) is 11.1 Å². The van der Waals surface area contributed by atoms with E-state index < -0.39 is 29.0 Å². The average molecular weight is 474 g/mol. The first-order valence-electron chi connectivity index (χ1n) is 11.0. The molecule has 7 nitrogen and oxygen atoms in total. The molecule has 5 rings (SSSR count). The number of rotatable bonds is 4. The van der Waals surface area contributed by atoms with Gasteiger partial charge in [0.15, 0.2) is 0 Å². The number of nitrogens with zero attached hydrogens (tertiary/aromatic N) is 3. The molecule has 0 saturated carbocycles. The van der Waals surface area contributed by atoms with Crippen molar-refractivity contribution in [1.29, 1.82) is 0 Å². The zero-order valence-corrected chi connectivity index (χ0v) is 18.7. The van der Waals surface area contributed by atoms with Gasteiger partial charge in [0.1, 0.15) is 22.7 Å². The zero-order valence-electron chi connectivity index (χ0n) is 17.9. The highest BCUT2D eigenvalue weighted by Crippen LogP contribution is 2.51. The SMILES string of the molecule is NC(=O)C1=CSC(c2c(F)cccc2F)N1c1cnc2c(c1N1CCC[C@H](N)C1)CC[C@H]2O. The maximum Gasteiger partial charge on any atom is 0.265 e. The predicted octanol–water partition coefficient (Wildman–Crippen LogP) is 2.85. The molecule has 0 bridgehead atoms. The lowest BCUT2D eigenvalue weighted by molar-refractivity contribution is -0.114. The lowest BCUT2D eigenvalue weighted by Gasteiger charge is -2.38. The summed E-state index contributed by atoms with van der Waals surface area (Å²) in [5.74, 6) is -2.12. The van der Waals surface area contributed by atoms with Crippen LogP contribution < -0.4 is 21.3 Å². The molecule has 2 aromatic rings. The van der Waals surface area contributed by atoms with Crippen molar-refractivity contribution in [2.75, 3.05) is 22.9 Å². The number of primary amides is 1. The van der Waals surface area contributed by atoms with Crippen LogP contribution in [0.4, 0.5) is 20.2 Å². The van der Waals surface area contributed by atoms with Crippen molar-refractivity contribution in [1.82, 2.24) is 4.98 Å². The minimum absolute atomic E-state index is 0.0272. The molecule has 10 heteroatoms. The number of carbonyl (C=O) groups excluding carboxylic acids is 1. The Hall–Kier alpha value is -2.69. The highest BCUT2D eigenvalue weighted by Gasteiger charge is 2.40. The Labute approximate surface area is 194 Å². The number of aromatic nitrogens is 1. The van der Waals surface area contributed by atoms with Crippen molar-refractivity contribution in [3.63, 3.8) is 0 Å². The third kappa shape index (κ3) is 3.75. The van der Waals surface area contributed by atoms with E-state index in [2.05, 4.69) is 9.88 Å². The summed E-state index contributed by atoms with van der Waals surface area (Å²) in [6.45, 7) is 1.33. The quantitative estimate of drug-likeness (QED) is 0.627. The Bertz CT molecular complexity index is 1120. The van der Waals surface area contributed by atoms with Crippen molar-refractivity contribution >= 4 is 29.0 Å². The first-order chi connectivity index (χ1) is 15.9. The van der Waals surface area contributed by atoms with Gasteiger partial charge in [-0.05, 0) is 37.8 Å². The van der Waals surface area contributed by atoms with Gasteiger partial charge in [-0.25, -0.2) is 8.78 Å². The van der Waals surface area contributed by atoms with Crippen LogP contribution in [0.2, 0.25) is 0 Å². The van der Waals surface area contributed by atoms with E-state index in [1.165, 1.54) is 23.6 Å². The number of pyridine rings is 1. The van der Waals surface area contributed by atoms with Crippen molar-refractivity contribution in [2.24, 2.45) is 11.5 Å². The van der Waals surface area contributed by atoms with Crippen LogP contribution in [-0.4, -0.2) is 35.1 Å². The molecule has 1 saturated heterocycles. The number of thioether (sulfide) groups is 1. The Kier molecular flexibility index (Phi) is 5.75. The molecule has 2 aliphatic heterocycles. The van der Waals surface area contributed by atoms with Crippen LogP contribution in [-0.2, 0) is 11.2 Å². The molecule has 33 heavy (non-hydrogen) atoms. The number of fused-ring (bicyclic) bond motifs is 1. The summed E-state index contributed by atoms with van der Waals surface area (Å²) < 4.78 is 29.6. The normalized spacial score (nSPS) is 24.7. The molecule has 1 unspecified atom stereocenters. The number of nitrogens with two attached hydrogens (primary N) is 2. The van der Waals surface area contributed by atoms with E-state index in [4.69, 9.17) is 11.5 Å². The number of carbonyl (C=O) groups is 1. The number of piperidine rings is 1. The van der Waals surface area contributed by atoms with Crippen LogP contribution in [0.5, 0.6) is 0 Å². The van der Waals surface area contributed by atoms with E-state index in [9.17, 15) is 18.7 Å². The van der Waals surface area contributed by atoms with Gasteiger partial charge < -0.3 is 26.4 Å². The number of hydrogen-bond donors (Lipinski definition) is 3. The Morgan fingerprint density at radius 3 is 2.70 bits per heavy atom. The van der Waals surface area contributed by atoms with E-state index in [0.717, 1.165) is 42.4 Å². The second-order valence-electron chi connectivity index (χ2n) is 8.62. The summed E-state index contributed by atoms with van der Waals surface area (Å²) >= 11 is 1.12. The van der Waals surface area contributed by atoms with Crippen LogP contribution in [0, 0.1) is 11.6 Å². The standard InChI is InChI=1S/C23H25F2N5O2S/c24-14-4-1-5-15(25)19(14)23-30(17(11-33-23)22(27)32)16-9-28-20-13(6-7-18(20)31)21(16)29-8-2-3-12(26)10-29/h1,4-5,9,11-12,18,23,31H,2-3,6-8,10,26H2,(H2,27,32)/t12-,18+,23?/m0/s1. The smallest absolute Gasteiger partial charge is 0.265 e. The van der Waals surface area contributed by atoms with E-state index in [-0.39, 0.29) is 17.3 Å². The average Bonchev–Trinajstić information content (AvgIpc) is 3.37. The van der Waals surface area contributed by atoms with Crippen molar-refractivity contribution in [3.05, 3.63) is 64.0 Å². The minimum atomic E-state index is -0.878. The third-order valence-electron chi connectivity index (χ3n) is 6.48. The molecule has 3 atom stereocenters. The zero-order chi connectivity index (χ0) is 23.3. The maximum atomic E-state index is 14.8. The van der Waals surface area contributed by atoms with Gasteiger partial charge in [-0.2, -0.15) is 0 Å². The summed E-state index contributed by atoms with van der Waals surface area (Å²) in [5.41, 5.74) is 14.7. The first kappa shape index (κ1) is 22.1. The van der Waals surface area contributed by atoms with Gasteiger partial charge in [-0.15, -0.1) is 11.8 Å². The summed E-state index contributed by atoms with van der Waals surface area (Å²) in [7, 11) is 0. The van der Waals surface area contributed by atoms with E-state index in [1.807, 2.05) is 0 Å². The van der Waals surface area contributed by atoms with Gasteiger partial charge in [0.2, 0.25) is 0 Å². The maximum absolute atomic E-state index is 14.8. The van der Waals surface area contributed by atoms with Crippen molar-refractivity contribution in [2.45, 2.75) is 43.2 Å². The molecule has 1 aliphatic carbocycles. The van der Waals surface area contributed by atoms with Crippen LogP contribution in [0.25, 0.3) is 0 Å². The summed E-state index contributed by atoms with van der Waals surface area (Å²) in [6, 6.07) is 3.67. The largest absolute Gasteiger partial charge is 0.387 e. The molecule has 1 amide bonds. The molecule has 1 aromatic carbocycles. The van der Waals surface area contributed by atoms with E-state index in [0.29, 0.717) is 30.8 Å². The Balaban J connectivity index is 1.70. The molecule has 5 N–H and O–H groups in total. The summed E-state index contributed by atoms with van der Waals surface area (Å²) in [6.07, 6.45) is 3.82. The fourth-order valence-corrected chi connectivity index (χ4v) is 6.19. The fraction of sp³-hybridized carbons (Fsp3) is 0.391. The van der Waals surface area contributed by atoms with Crippen LogP contribution in [0.1, 0.15) is 47.6 Å². The topological polar surface area (TPSA) is 109 Å². The minimum Gasteiger partial charge on any atom is -0.387 e. The number of anilines is 2. The molecular formula is C23H25F2N5O2S. The molecule has 0 spiro atoms. The second-order valence-corrected chi connectivity index (χ2v) is 9.57. The number of aliphatic hydroxyl groups is 1. The molecule has 174 valence electrons. The van der Waals surface area contributed by atoms with Gasteiger partial charge >= 0.3 is 0 Å². The van der Waals surface area contributed by atoms with Crippen LogP contribution in [0.15, 0.2) is 35.5 Å². The van der Waals surface area contributed by atoms with Crippen LogP contribution >= 0.6 is 11.8 Å². The molecular weight excluding hydrogens is 448 g/mol. The van der Waals surface area contributed by atoms with Crippen LogP contribution in [0.3, 0.4) is 0 Å². The highest BCUT2D eigenvalue weighted by molar-refractivity contribution is 8.02. The van der Waals surface area contributed by atoms with Crippen molar-refractivity contribution in [3.8, 4) is 0 Å². The molecule has 3 heterocycles. The Morgan fingerprint density at radius 2 is 2.00 bits per heavy atom. The van der Waals surface area contributed by atoms with Gasteiger partial charge in [-0.1, -0.05) is 6.07 Å². The summed E-state index contributed by atoms with van der Waals surface area (Å²) in [5, 5.41) is 11.1. The van der Waals surface area contributed by atoms with Gasteiger partial charge in [0, 0.05) is 30.1 Å². The lowest BCUT2D eigenvalue weighted by atomic mass is 10.0. The van der Waals surface area contributed by atoms with Gasteiger partial charge in [0.05, 0.1) is 34.9 Å². The molecule has 1 aromatic heterocycles. The summed E-state index contributed by atoms with van der Waals surface area (Å²) in [4.78, 5) is 20.6. The molecule has 1 fully saturated rings. The fourth-order valence-electron chi connectivity index (χ4n) is 4.99. The number of halogens is 2. The monoisotopic (exact) mass is 473 g/mol. The number of benzene rings is 1. The first-order valence-corrected chi connectivity index (χ1v) is 11.9. The second kappa shape index (κ2) is 8.58. The number of amides is 1. The lowest BCUT2D eigenvalue weighted by Crippen LogP contribution is -2.44. The van der Waals surface area contributed by atoms with Gasteiger partial charge in [-0.3, -0.25) is 9.78 Å². The van der Waals surface area contributed by atoms with E-state index >= 15 is 0 Å². The predicted molar refractivity (Wildman–Crippen MR) is 123 cm³/mol. The number of aliphatic hydroxyl groups excluding tert-OH is 1. The third-order valence-corrected chi connectivity index (χ3v) is 7.55. The van der Waals surface area contributed by atoms with Crippen molar-refractivity contribution < 1.29 is 18.7 Å². The Morgan fingerprint density at radius 1 is 1.24 bits per heavy atom. The molecule has 0 radical (unpaired) electrons.